The van der Waals surface area contributed by atoms with Crippen LogP contribution < -0.4 is 15.8 Å². The van der Waals surface area contributed by atoms with Gasteiger partial charge in [-0.15, -0.1) is 0 Å². The van der Waals surface area contributed by atoms with Gasteiger partial charge in [0.2, 0.25) is 0 Å². The number of hydrogen-bond acceptors (Lipinski definition) is 7. The van der Waals surface area contributed by atoms with E-state index in [9.17, 15) is 23.4 Å². The molecule has 1 fully saturated rings. The molecular weight excluding hydrogens is 439 g/mol. The fourth-order valence-corrected chi connectivity index (χ4v) is 4.76. The van der Waals surface area contributed by atoms with Crippen molar-refractivity contribution in [2.75, 3.05) is 12.3 Å². The van der Waals surface area contributed by atoms with E-state index < -0.39 is 36.1 Å². The Morgan fingerprint density at radius 1 is 1.24 bits per heavy atom. The SMILES string of the molecule is CC(F)(F)c1cc2c(c(OC3CC(n4cc(F)c5c(N)ncnc54)[C@H](O)[C@@H]3O)c1)CNCC2. The standard InChI is InChI=1S/C22H24F3N5O3/c1-22(24,25)11-4-10-2-3-27-7-12(10)15(5-11)33-16-6-14(18(31)19(16)32)30-8-13(23)17-20(26)28-9-29-21(17)30/h4-5,8-9,14,16,18-19,27,31-32H,2-3,6-7H2,1H3,(H2,26,28,29)/t14?,16?,18-,19+/m0/s1. The molecular formula is C22H24F3N5O3. The lowest BCUT2D eigenvalue weighted by Crippen LogP contribution is -2.35. The van der Waals surface area contributed by atoms with Gasteiger partial charge in [-0.25, -0.2) is 23.1 Å². The molecule has 2 unspecified atom stereocenters. The first kappa shape index (κ1) is 21.9. The second kappa shape index (κ2) is 7.86. The number of rotatable bonds is 4. The molecule has 5 rings (SSSR count). The minimum atomic E-state index is -3.06. The van der Waals surface area contributed by atoms with Crippen LogP contribution in [0.1, 0.15) is 36.1 Å². The summed E-state index contributed by atoms with van der Waals surface area (Å²) in [6, 6.07) is 2.01. The van der Waals surface area contributed by atoms with E-state index >= 15 is 0 Å². The van der Waals surface area contributed by atoms with Gasteiger partial charge in [0.25, 0.3) is 5.92 Å². The lowest BCUT2D eigenvalue weighted by atomic mass is 9.95. The zero-order valence-corrected chi connectivity index (χ0v) is 17.8. The summed E-state index contributed by atoms with van der Waals surface area (Å²) < 4.78 is 50.2. The van der Waals surface area contributed by atoms with Gasteiger partial charge in [0, 0.05) is 37.2 Å². The number of ether oxygens (including phenoxy) is 1. The van der Waals surface area contributed by atoms with E-state index in [-0.39, 0.29) is 34.6 Å². The second-order valence-corrected chi connectivity index (χ2v) is 8.71. The van der Waals surface area contributed by atoms with Gasteiger partial charge in [-0.3, -0.25) is 0 Å². The maximum atomic E-state index is 14.5. The van der Waals surface area contributed by atoms with E-state index in [0.29, 0.717) is 19.5 Å². The van der Waals surface area contributed by atoms with Crippen LogP contribution in [0.4, 0.5) is 19.0 Å². The summed E-state index contributed by atoms with van der Waals surface area (Å²) >= 11 is 0. The molecule has 8 nitrogen and oxygen atoms in total. The molecule has 2 aliphatic rings. The molecule has 0 spiro atoms. The average Bonchev–Trinajstić information content (AvgIpc) is 3.25. The Bertz CT molecular complexity index is 1210. The van der Waals surface area contributed by atoms with E-state index in [2.05, 4.69) is 15.3 Å². The van der Waals surface area contributed by atoms with Gasteiger partial charge in [0.15, 0.2) is 5.82 Å². The van der Waals surface area contributed by atoms with Crippen molar-refractivity contribution < 1.29 is 28.1 Å². The molecule has 0 radical (unpaired) electrons. The summed E-state index contributed by atoms with van der Waals surface area (Å²) in [5, 5.41) is 24.7. The summed E-state index contributed by atoms with van der Waals surface area (Å²) in [6.07, 6.45) is -0.512. The Balaban J connectivity index is 1.49. The first-order chi connectivity index (χ1) is 15.6. The van der Waals surface area contributed by atoms with Crippen LogP contribution in [0.3, 0.4) is 0 Å². The molecule has 1 aliphatic carbocycles. The zero-order valence-electron chi connectivity index (χ0n) is 17.8. The van der Waals surface area contributed by atoms with Crippen LogP contribution >= 0.6 is 0 Å². The Labute approximate surface area is 187 Å². The van der Waals surface area contributed by atoms with Crippen LogP contribution in [0, 0.1) is 5.82 Å². The van der Waals surface area contributed by atoms with Crippen molar-refractivity contribution in [3.05, 3.63) is 47.2 Å². The fraction of sp³-hybridized carbons (Fsp3) is 0.455. The zero-order chi connectivity index (χ0) is 23.5. The minimum Gasteiger partial charge on any atom is -0.487 e. The van der Waals surface area contributed by atoms with E-state index in [1.54, 1.807) is 0 Å². The molecule has 5 N–H and O–H groups in total. The normalized spacial score (nSPS) is 25.4. The lowest BCUT2D eigenvalue weighted by Gasteiger charge is -2.26. The summed E-state index contributed by atoms with van der Waals surface area (Å²) in [4.78, 5) is 7.87. The van der Waals surface area contributed by atoms with Gasteiger partial charge in [0.05, 0.1) is 11.4 Å². The molecule has 1 saturated carbocycles. The third kappa shape index (κ3) is 3.69. The summed E-state index contributed by atoms with van der Waals surface area (Å²) in [5.74, 6) is -3.50. The molecule has 2 aromatic heterocycles. The van der Waals surface area contributed by atoms with E-state index in [1.807, 2.05) is 0 Å². The molecule has 3 aromatic rings. The lowest BCUT2D eigenvalue weighted by molar-refractivity contribution is -0.0171. The molecule has 1 aromatic carbocycles. The third-order valence-corrected chi connectivity index (χ3v) is 6.51. The molecule has 4 atom stereocenters. The van der Waals surface area contributed by atoms with Crippen molar-refractivity contribution in [1.29, 1.82) is 0 Å². The molecule has 11 heteroatoms. The highest BCUT2D eigenvalue weighted by molar-refractivity contribution is 5.86. The first-order valence-corrected chi connectivity index (χ1v) is 10.7. The number of nitrogens with zero attached hydrogens (tertiary/aromatic N) is 3. The van der Waals surface area contributed by atoms with E-state index in [1.165, 1.54) is 23.0 Å². The maximum absolute atomic E-state index is 14.5. The minimum absolute atomic E-state index is 0.0292. The average molecular weight is 463 g/mol. The van der Waals surface area contributed by atoms with Crippen molar-refractivity contribution >= 4 is 16.9 Å². The Morgan fingerprint density at radius 2 is 2.03 bits per heavy atom. The molecule has 0 saturated heterocycles. The summed E-state index contributed by atoms with van der Waals surface area (Å²) in [6.45, 7) is 1.93. The van der Waals surface area contributed by atoms with Crippen LogP contribution in [-0.4, -0.2) is 49.6 Å². The predicted octanol–water partition coefficient (Wildman–Crippen LogP) is 2.02. The number of nitrogen functional groups attached to an aromatic ring is 1. The number of alkyl halides is 2. The van der Waals surface area contributed by atoms with Crippen molar-refractivity contribution in [3.8, 4) is 5.75 Å². The quantitative estimate of drug-likeness (QED) is 0.468. The van der Waals surface area contributed by atoms with Crippen molar-refractivity contribution in [2.24, 2.45) is 0 Å². The van der Waals surface area contributed by atoms with Crippen LogP contribution in [-0.2, 0) is 18.9 Å². The fourth-order valence-electron chi connectivity index (χ4n) is 4.76. The number of aliphatic hydroxyl groups excluding tert-OH is 2. The number of halogens is 3. The Morgan fingerprint density at radius 3 is 2.79 bits per heavy atom. The van der Waals surface area contributed by atoms with Crippen molar-refractivity contribution in [2.45, 2.75) is 56.6 Å². The number of fused-ring (bicyclic) bond motifs is 2. The third-order valence-electron chi connectivity index (χ3n) is 6.51. The number of aliphatic hydroxyl groups is 2. The van der Waals surface area contributed by atoms with Gasteiger partial charge in [0.1, 0.15) is 41.9 Å². The molecule has 0 amide bonds. The Kier molecular flexibility index (Phi) is 5.22. The highest BCUT2D eigenvalue weighted by Gasteiger charge is 2.45. The van der Waals surface area contributed by atoms with Crippen LogP contribution in [0.2, 0.25) is 0 Å². The molecule has 0 bridgehead atoms. The highest BCUT2D eigenvalue weighted by atomic mass is 19.3. The largest absolute Gasteiger partial charge is 0.487 e. The molecule has 176 valence electrons. The van der Waals surface area contributed by atoms with Crippen LogP contribution in [0.5, 0.6) is 5.75 Å². The first-order valence-electron chi connectivity index (χ1n) is 10.7. The summed E-state index contributed by atoms with van der Waals surface area (Å²) in [5.41, 5.74) is 7.29. The molecule has 3 heterocycles. The number of nitrogens with one attached hydrogen (secondary N) is 1. The van der Waals surface area contributed by atoms with Crippen LogP contribution in [0.25, 0.3) is 11.0 Å². The number of anilines is 1. The number of nitrogens with two attached hydrogens (primary N) is 1. The second-order valence-electron chi connectivity index (χ2n) is 8.71. The Hall–Kier alpha value is -2.89. The van der Waals surface area contributed by atoms with Crippen molar-refractivity contribution in [1.82, 2.24) is 19.9 Å². The smallest absolute Gasteiger partial charge is 0.270 e. The summed E-state index contributed by atoms with van der Waals surface area (Å²) in [7, 11) is 0. The van der Waals surface area contributed by atoms with E-state index in [4.69, 9.17) is 10.5 Å². The molecule has 1 aliphatic heterocycles. The van der Waals surface area contributed by atoms with E-state index in [0.717, 1.165) is 24.2 Å². The predicted molar refractivity (Wildman–Crippen MR) is 113 cm³/mol. The maximum Gasteiger partial charge on any atom is 0.270 e. The number of benzene rings is 1. The topological polar surface area (TPSA) is 118 Å². The highest BCUT2D eigenvalue weighted by Crippen LogP contribution is 2.40. The molecule has 33 heavy (non-hydrogen) atoms. The number of aromatic nitrogens is 3. The van der Waals surface area contributed by atoms with Gasteiger partial charge in [-0.05, 0) is 30.7 Å². The van der Waals surface area contributed by atoms with Crippen LogP contribution in [0.15, 0.2) is 24.7 Å². The van der Waals surface area contributed by atoms with Gasteiger partial charge in [-0.1, -0.05) is 0 Å². The van der Waals surface area contributed by atoms with Gasteiger partial charge in [-0.2, -0.15) is 0 Å². The number of hydrogen-bond donors (Lipinski definition) is 4. The van der Waals surface area contributed by atoms with Gasteiger partial charge < -0.3 is 30.6 Å². The van der Waals surface area contributed by atoms with Gasteiger partial charge >= 0.3 is 0 Å². The van der Waals surface area contributed by atoms with Crippen molar-refractivity contribution in [3.63, 3.8) is 0 Å². The monoisotopic (exact) mass is 463 g/mol.